The van der Waals surface area contributed by atoms with Crippen LogP contribution in [0.5, 0.6) is 0 Å². The zero-order valence-electron chi connectivity index (χ0n) is 20.7. The second kappa shape index (κ2) is 12.2. The fourth-order valence-electron chi connectivity index (χ4n) is 3.39. The van der Waals surface area contributed by atoms with E-state index in [0.717, 1.165) is 0 Å². The zero-order chi connectivity index (χ0) is 28.0. The standard InChI is InChI=1S/C23H22N8O6S2/c1-13-24-12-25-22(27-13)30-18-8-6-16(20(10-18)38-37-36-32)4-5-17-7-9-19(11-21(17)39(33,34)35)31-23-28-14(2)26-15(3)29-23/h4-12,32H,1-3H3,(H,33,34,35)(H,24,25,27,30)(H,26,28,29,31)/b5-4+. The van der Waals surface area contributed by atoms with Gasteiger partial charge in [-0.25, -0.2) is 20.2 Å². The molecule has 0 saturated carbocycles. The van der Waals surface area contributed by atoms with E-state index >= 15 is 0 Å². The number of hydrogen-bond acceptors (Lipinski definition) is 14. The number of nitrogens with zero attached hydrogens (tertiary/aromatic N) is 6. The van der Waals surface area contributed by atoms with Gasteiger partial charge in [-0.1, -0.05) is 29.3 Å². The largest absolute Gasteiger partial charge is 0.324 e. The molecule has 0 saturated heterocycles. The van der Waals surface area contributed by atoms with Crippen molar-refractivity contribution in [2.45, 2.75) is 30.6 Å². The van der Waals surface area contributed by atoms with Gasteiger partial charge in [0.25, 0.3) is 10.1 Å². The third-order valence-electron chi connectivity index (χ3n) is 4.97. The van der Waals surface area contributed by atoms with Crippen LogP contribution < -0.4 is 10.6 Å². The van der Waals surface area contributed by atoms with E-state index in [1.807, 2.05) is 0 Å². The number of aromatic nitrogens is 6. The third kappa shape index (κ3) is 7.73. The predicted octanol–water partition coefficient (Wildman–Crippen LogP) is 4.31. The molecule has 2 aromatic carbocycles. The van der Waals surface area contributed by atoms with Gasteiger partial charge in [0, 0.05) is 16.3 Å². The molecule has 0 aliphatic carbocycles. The third-order valence-corrected chi connectivity index (χ3v) is 6.54. The highest BCUT2D eigenvalue weighted by Crippen LogP contribution is 2.31. The first-order valence-corrected chi connectivity index (χ1v) is 13.3. The van der Waals surface area contributed by atoms with Crippen molar-refractivity contribution in [2.24, 2.45) is 0 Å². The SMILES string of the molecule is Cc1ncnc(Nc2ccc(/C=C/c3ccc(Nc4nc(C)nc(C)n4)cc3S(=O)(=O)O)c(SOOO)c2)n1. The lowest BCUT2D eigenvalue weighted by atomic mass is 10.1. The number of hydrogen-bond donors (Lipinski definition) is 4. The number of aryl methyl sites for hydroxylation is 3. The Hall–Kier alpha value is -4.06. The molecule has 0 bridgehead atoms. The van der Waals surface area contributed by atoms with Crippen molar-refractivity contribution in [3.8, 4) is 0 Å². The van der Waals surface area contributed by atoms with E-state index in [9.17, 15) is 13.0 Å². The molecule has 2 heterocycles. The van der Waals surface area contributed by atoms with E-state index in [-0.39, 0.29) is 16.4 Å². The van der Waals surface area contributed by atoms with Gasteiger partial charge in [-0.3, -0.25) is 4.55 Å². The highest BCUT2D eigenvalue weighted by Gasteiger charge is 2.16. The predicted molar refractivity (Wildman–Crippen MR) is 143 cm³/mol. The first-order valence-electron chi connectivity index (χ1n) is 11.1. The molecule has 4 aromatic rings. The van der Waals surface area contributed by atoms with Crippen LogP contribution in [-0.2, 0) is 19.5 Å². The molecule has 0 aliphatic rings. The van der Waals surface area contributed by atoms with Gasteiger partial charge in [-0.15, -0.1) is 4.33 Å². The molecule has 0 amide bonds. The average Bonchev–Trinajstić information content (AvgIpc) is 2.86. The Kier molecular flexibility index (Phi) is 8.75. The van der Waals surface area contributed by atoms with E-state index < -0.39 is 10.1 Å². The molecule has 0 spiro atoms. The number of rotatable bonds is 10. The fourth-order valence-corrected chi connectivity index (χ4v) is 4.62. The van der Waals surface area contributed by atoms with Gasteiger partial charge < -0.3 is 10.6 Å². The Morgan fingerprint density at radius 1 is 0.821 bits per heavy atom. The fraction of sp³-hybridized carbons (Fsp3) is 0.130. The van der Waals surface area contributed by atoms with Crippen molar-refractivity contribution in [3.63, 3.8) is 0 Å². The topological polar surface area (TPSA) is 194 Å². The maximum Gasteiger partial charge on any atom is 0.295 e. The smallest absolute Gasteiger partial charge is 0.295 e. The Bertz CT molecular complexity index is 1610. The zero-order valence-corrected chi connectivity index (χ0v) is 22.4. The second-order valence-electron chi connectivity index (χ2n) is 7.90. The molecule has 0 radical (unpaired) electrons. The van der Waals surface area contributed by atoms with Crippen LogP contribution in [0.25, 0.3) is 12.2 Å². The number of benzene rings is 2. The van der Waals surface area contributed by atoms with E-state index in [2.05, 4.69) is 49.9 Å². The number of anilines is 4. The summed E-state index contributed by atoms with van der Waals surface area (Å²) < 4.78 is 38.9. The minimum Gasteiger partial charge on any atom is -0.324 e. The van der Waals surface area contributed by atoms with Crippen molar-refractivity contribution < 1.29 is 27.6 Å². The molecule has 0 atom stereocenters. The van der Waals surface area contributed by atoms with Crippen molar-refractivity contribution >= 4 is 57.6 Å². The van der Waals surface area contributed by atoms with Gasteiger partial charge in [0.15, 0.2) is 0 Å². The molecule has 0 aliphatic heterocycles. The lowest BCUT2D eigenvalue weighted by Gasteiger charge is -2.10. The van der Waals surface area contributed by atoms with Crippen LogP contribution >= 0.6 is 12.0 Å². The molecule has 14 nitrogen and oxygen atoms in total. The van der Waals surface area contributed by atoms with Crippen molar-refractivity contribution in [3.05, 3.63) is 71.3 Å². The Morgan fingerprint density at radius 3 is 2.10 bits per heavy atom. The summed E-state index contributed by atoms with van der Waals surface area (Å²) in [6.07, 6.45) is 4.49. The summed E-state index contributed by atoms with van der Waals surface area (Å²) in [5.74, 6) is 2.09. The maximum absolute atomic E-state index is 12.2. The van der Waals surface area contributed by atoms with Gasteiger partial charge in [0.2, 0.25) is 11.9 Å². The molecular formula is C23H22N8O6S2. The molecule has 4 N–H and O–H groups in total. The van der Waals surface area contributed by atoms with Gasteiger partial charge in [0.05, 0.1) is 12.0 Å². The molecule has 2 aromatic heterocycles. The van der Waals surface area contributed by atoms with Crippen molar-refractivity contribution in [1.29, 1.82) is 0 Å². The first-order chi connectivity index (χ1) is 18.6. The molecule has 16 heteroatoms. The Balaban J connectivity index is 1.63. The molecule has 39 heavy (non-hydrogen) atoms. The van der Waals surface area contributed by atoms with Crippen LogP contribution in [0.1, 0.15) is 28.6 Å². The number of nitrogens with one attached hydrogen (secondary N) is 2. The summed E-state index contributed by atoms with van der Waals surface area (Å²) >= 11 is 0.712. The van der Waals surface area contributed by atoms with E-state index in [4.69, 9.17) is 5.26 Å². The minimum atomic E-state index is -4.59. The monoisotopic (exact) mass is 570 g/mol. The maximum atomic E-state index is 12.2. The Morgan fingerprint density at radius 2 is 1.44 bits per heavy atom. The van der Waals surface area contributed by atoms with Crippen LogP contribution in [0, 0.1) is 20.8 Å². The molecular weight excluding hydrogens is 548 g/mol. The summed E-state index contributed by atoms with van der Waals surface area (Å²) in [4.78, 5) is 24.8. The lowest BCUT2D eigenvalue weighted by Crippen LogP contribution is -2.05. The van der Waals surface area contributed by atoms with Gasteiger partial charge in [-0.2, -0.15) is 23.4 Å². The summed E-state index contributed by atoms with van der Waals surface area (Å²) in [6.45, 7) is 5.14. The van der Waals surface area contributed by atoms with E-state index in [0.29, 0.717) is 57.3 Å². The summed E-state index contributed by atoms with van der Waals surface area (Å²) in [7, 11) is -4.59. The lowest BCUT2D eigenvalue weighted by molar-refractivity contribution is -0.432. The normalized spacial score (nSPS) is 11.6. The van der Waals surface area contributed by atoms with Crippen LogP contribution in [0.3, 0.4) is 0 Å². The van der Waals surface area contributed by atoms with E-state index in [1.165, 1.54) is 24.5 Å². The van der Waals surface area contributed by atoms with Crippen LogP contribution in [-0.4, -0.2) is 48.1 Å². The minimum absolute atomic E-state index is 0.212. The highest BCUT2D eigenvalue weighted by molar-refractivity contribution is 7.94. The van der Waals surface area contributed by atoms with Crippen LogP contribution in [0.4, 0.5) is 23.3 Å². The summed E-state index contributed by atoms with van der Waals surface area (Å²) in [5, 5.41) is 18.3. The Labute approximate surface area is 227 Å². The van der Waals surface area contributed by atoms with Crippen LogP contribution in [0.15, 0.2) is 52.5 Å². The van der Waals surface area contributed by atoms with Gasteiger partial charge in [-0.05, 0) is 56.2 Å². The summed E-state index contributed by atoms with van der Waals surface area (Å²) in [6, 6.07) is 9.53. The van der Waals surface area contributed by atoms with Crippen LogP contribution in [0.2, 0.25) is 0 Å². The molecule has 0 fully saturated rings. The highest BCUT2D eigenvalue weighted by atomic mass is 32.2. The molecule has 4 rings (SSSR count). The second-order valence-corrected chi connectivity index (χ2v) is 10.0. The molecule has 0 unspecified atom stereocenters. The average molecular weight is 571 g/mol. The van der Waals surface area contributed by atoms with Gasteiger partial charge >= 0.3 is 0 Å². The quantitative estimate of drug-likeness (QED) is 0.0691. The summed E-state index contributed by atoms with van der Waals surface area (Å²) in [5.41, 5.74) is 1.73. The van der Waals surface area contributed by atoms with E-state index in [1.54, 1.807) is 51.1 Å². The first kappa shape index (κ1) is 28.0. The van der Waals surface area contributed by atoms with Gasteiger partial charge in [0.1, 0.15) is 28.7 Å². The molecule has 202 valence electrons. The van der Waals surface area contributed by atoms with Crippen molar-refractivity contribution in [1.82, 2.24) is 29.9 Å². The van der Waals surface area contributed by atoms with Crippen molar-refractivity contribution in [2.75, 3.05) is 10.6 Å².